The Labute approximate surface area is 141 Å². The van der Waals surface area contributed by atoms with Crippen LogP contribution in [0.4, 0.5) is 5.69 Å². The highest BCUT2D eigenvalue weighted by atomic mass is 16.2. The SMILES string of the molecule is CC(C)NC(=O)CNC(=O)C=Cc1ccc(N2CCCC2=O)cc1. The zero-order valence-electron chi connectivity index (χ0n) is 14.0. The first-order valence-electron chi connectivity index (χ1n) is 8.11. The predicted octanol–water partition coefficient (Wildman–Crippen LogP) is 1.47. The van der Waals surface area contributed by atoms with Crippen LogP contribution in [0.15, 0.2) is 30.3 Å². The van der Waals surface area contributed by atoms with Gasteiger partial charge in [-0.1, -0.05) is 12.1 Å². The number of hydrogen-bond donors (Lipinski definition) is 2. The molecule has 0 saturated carbocycles. The molecule has 0 unspecified atom stereocenters. The van der Waals surface area contributed by atoms with Crippen molar-refractivity contribution in [2.24, 2.45) is 0 Å². The van der Waals surface area contributed by atoms with Gasteiger partial charge in [0.25, 0.3) is 0 Å². The second-order valence-electron chi connectivity index (χ2n) is 6.01. The lowest BCUT2D eigenvalue weighted by Crippen LogP contribution is -2.39. The molecule has 0 aliphatic carbocycles. The molecule has 6 nitrogen and oxygen atoms in total. The largest absolute Gasteiger partial charge is 0.352 e. The highest BCUT2D eigenvalue weighted by Crippen LogP contribution is 2.21. The second-order valence-corrected chi connectivity index (χ2v) is 6.01. The lowest BCUT2D eigenvalue weighted by atomic mass is 10.2. The molecule has 3 amide bonds. The molecule has 1 heterocycles. The molecular formula is C18H23N3O3. The summed E-state index contributed by atoms with van der Waals surface area (Å²) in [6, 6.07) is 7.51. The molecule has 1 aromatic carbocycles. The first-order chi connectivity index (χ1) is 11.5. The number of carbonyl (C=O) groups excluding carboxylic acids is 3. The molecule has 1 fully saturated rings. The molecule has 0 radical (unpaired) electrons. The minimum atomic E-state index is -0.326. The van der Waals surface area contributed by atoms with Crippen LogP contribution in [0.1, 0.15) is 32.3 Å². The van der Waals surface area contributed by atoms with Crippen molar-refractivity contribution in [3.8, 4) is 0 Å². The van der Waals surface area contributed by atoms with Gasteiger partial charge in [0, 0.05) is 30.8 Å². The van der Waals surface area contributed by atoms with E-state index in [1.54, 1.807) is 11.0 Å². The average molecular weight is 329 g/mol. The summed E-state index contributed by atoms with van der Waals surface area (Å²) in [5.41, 5.74) is 1.73. The van der Waals surface area contributed by atoms with E-state index in [1.807, 2.05) is 38.1 Å². The topological polar surface area (TPSA) is 78.5 Å². The highest BCUT2D eigenvalue weighted by molar-refractivity contribution is 5.96. The summed E-state index contributed by atoms with van der Waals surface area (Å²) in [4.78, 5) is 36.6. The number of anilines is 1. The van der Waals surface area contributed by atoms with Gasteiger partial charge in [0.15, 0.2) is 0 Å². The Hall–Kier alpha value is -2.63. The van der Waals surface area contributed by atoms with Gasteiger partial charge in [0.05, 0.1) is 6.54 Å². The van der Waals surface area contributed by atoms with Crippen molar-refractivity contribution >= 4 is 29.5 Å². The van der Waals surface area contributed by atoms with Crippen LogP contribution >= 0.6 is 0 Å². The van der Waals surface area contributed by atoms with E-state index in [4.69, 9.17) is 0 Å². The van der Waals surface area contributed by atoms with Crippen LogP contribution in [0.5, 0.6) is 0 Å². The Kier molecular flexibility index (Phi) is 6.12. The van der Waals surface area contributed by atoms with Gasteiger partial charge in [-0.15, -0.1) is 0 Å². The minimum Gasteiger partial charge on any atom is -0.352 e. The Morgan fingerprint density at radius 2 is 1.96 bits per heavy atom. The molecule has 128 valence electrons. The monoisotopic (exact) mass is 329 g/mol. The Bertz CT molecular complexity index is 635. The Morgan fingerprint density at radius 1 is 1.25 bits per heavy atom. The van der Waals surface area contributed by atoms with E-state index in [1.165, 1.54) is 6.08 Å². The molecule has 2 rings (SSSR count). The van der Waals surface area contributed by atoms with Crippen LogP contribution in [0.25, 0.3) is 6.08 Å². The average Bonchev–Trinajstić information content (AvgIpc) is 2.97. The molecule has 2 N–H and O–H groups in total. The van der Waals surface area contributed by atoms with Crippen molar-refractivity contribution in [3.05, 3.63) is 35.9 Å². The summed E-state index contributed by atoms with van der Waals surface area (Å²) < 4.78 is 0. The number of nitrogens with one attached hydrogen (secondary N) is 2. The van der Waals surface area contributed by atoms with Crippen molar-refractivity contribution < 1.29 is 14.4 Å². The van der Waals surface area contributed by atoms with Gasteiger partial charge < -0.3 is 15.5 Å². The van der Waals surface area contributed by atoms with Crippen LogP contribution in [-0.4, -0.2) is 36.9 Å². The van der Waals surface area contributed by atoms with Crippen LogP contribution in [0.2, 0.25) is 0 Å². The number of rotatable bonds is 6. The minimum absolute atomic E-state index is 0.0443. The fourth-order valence-electron chi connectivity index (χ4n) is 2.46. The lowest BCUT2D eigenvalue weighted by molar-refractivity contribution is -0.124. The van der Waals surface area contributed by atoms with Crippen molar-refractivity contribution in [3.63, 3.8) is 0 Å². The van der Waals surface area contributed by atoms with Crippen LogP contribution in [-0.2, 0) is 14.4 Å². The van der Waals surface area contributed by atoms with Gasteiger partial charge in [-0.05, 0) is 44.0 Å². The summed E-state index contributed by atoms with van der Waals surface area (Å²) in [6.07, 6.45) is 4.56. The van der Waals surface area contributed by atoms with E-state index in [9.17, 15) is 14.4 Å². The standard InChI is InChI=1S/C18H23N3O3/c1-13(2)20-17(23)12-19-16(22)10-7-14-5-8-15(9-6-14)21-11-3-4-18(21)24/h5-10,13H,3-4,11-12H2,1-2H3,(H,19,22)(H,20,23). The zero-order valence-corrected chi connectivity index (χ0v) is 14.0. The fourth-order valence-corrected chi connectivity index (χ4v) is 2.46. The third-order valence-electron chi connectivity index (χ3n) is 3.58. The molecule has 24 heavy (non-hydrogen) atoms. The molecule has 1 aliphatic rings. The number of benzene rings is 1. The van der Waals surface area contributed by atoms with Gasteiger partial charge in [-0.25, -0.2) is 0 Å². The molecule has 1 aliphatic heterocycles. The summed E-state index contributed by atoms with van der Waals surface area (Å²) in [5.74, 6) is -0.392. The smallest absolute Gasteiger partial charge is 0.244 e. The number of nitrogens with zero attached hydrogens (tertiary/aromatic N) is 1. The van der Waals surface area contributed by atoms with Crippen molar-refractivity contribution in [1.82, 2.24) is 10.6 Å². The molecule has 1 aromatic rings. The predicted molar refractivity (Wildman–Crippen MR) is 93.4 cm³/mol. The van der Waals surface area contributed by atoms with E-state index in [-0.39, 0.29) is 30.3 Å². The van der Waals surface area contributed by atoms with E-state index in [2.05, 4.69) is 10.6 Å². The summed E-state index contributed by atoms with van der Waals surface area (Å²) in [5, 5.41) is 5.23. The van der Waals surface area contributed by atoms with Crippen molar-refractivity contribution in [1.29, 1.82) is 0 Å². The summed E-state index contributed by atoms with van der Waals surface area (Å²) >= 11 is 0. The number of carbonyl (C=O) groups is 3. The van der Waals surface area contributed by atoms with E-state index in [0.717, 1.165) is 24.2 Å². The van der Waals surface area contributed by atoms with E-state index in [0.29, 0.717) is 6.42 Å². The number of hydrogen-bond acceptors (Lipinski definition) is 3. The third-order valence-corrected chi connectivity index (χ3v) is 3.58. The molecule has 6 heteroatoms. The quantitative estimate of drug-likeness (QED) is 0.776. The molecule has 0 spiro atoms. The summed E-state index contributed by atoms with van der Waals surface area (Å²) in [7, 11) is 0. The molecule has 0 aromatic heterocycles. The van der Waals surface area contributed by atoms with Crippen molar-refractivity contribution in [2.75, 3.05) is 18.0 Å². The van der Waals surface area contributed by atoms with Gasteiger partial charge in [-0.3, -0.25) is 14.4 Å². The maximum absolute atomic E-state index is 11.7. The Balaban J connectivity index is 1.84. The Morgan fingerprint density at radius 3 is 2.54 bits per heavy atom. The fraction of sp³-hybridized carbons (Fsp3) is 0.389. The molecular weight excluding hydrogens is 306 g/mol. The maximum Gasteiger partial charge on any atom is 0.244 e. The van der Waals surface area contributed by atoms with Gasteiger partial charge in [0.2, 0.25) is 17.7 Å². The second kappa shape index (κ2) is 8.29. The lowest BCUT2D eigenvalue weighted by Gasteiger charge is -2.15. The molecule has 1 saturated heterocycles. The van der Waals surface area contributed by atoms with Crippen LogP contribution in [0.3, 0.4) is 0 Å². The van der Waals surface area contributed by atoms with E-state index >= 15 is 0 Å². The van der Waals surface area contributed by atoms with Gasteiger partial charge >= 0.3 is 0 Å². The van der Waals surface area contributed by atoms with Gasteiger partial charge in [0.1, 0.15) is 0 Å². The normalized spacial score (nSPS) is 14.5. The summed E-state index contributed by atoms with van der Waals surface area (Å²) in [6.45, 7) is 4.43. The maximum atomic E-state index is 11.7. The van der Waals surface area contributed by atoms with E-state index < -0.39 is 0 Å². The third kappa shape index (κ3) is 5.22. The molecule has 0 atom stereocenters. The van der Waals surface area contributed by atoms with Gasteiger partial charge in [-0.2, -0.15) is 0 Å². The highest BCUT2D eigenvalue weighted by Gasteiger charge is 2.21. The van der Waals surface area contributed by atoms with Crippen molar-refractivity contribution in [2.45, 2.75) is 32.7 Å². The number of amides is 3. The first kappa shape index (κ1) is 17.7. The van der Waals surface area contributed by atoms with Crippen LogP contribution in [0, 0.1) is 0 Å². The first-order valence-corrected chi connectivity index (χ1v) is 8.11. The van der Waals surface area contributed by atoms with Crippen LogP contribution < -0.4 is 15.5 Å². The molecule has 0 bridgehead atoms. The zero-order chi connectivity index (χ0) is 17.5.